The van der Waals surface area contributed by atoms with Gasteiger partial charge in [0.1, 0.15) is 11.9 Å². The fourth-order valence-electron chi connectivity index (χ4n) is 2.21. The molecule has 0 fully saturated rings. The molecular weight excluding hydrogens is 346 g/mol. The van der Waals surface area contributed by atoms with Crippen molar-refractivity contribution in [2.45, 2.75) is 33.4 Å². The fourth-order valence-corrected chi connectivity index (χ4v) is 2.96. The molecule has 1 aromatic heterocycles. The van der Waals surface area contributed by atoms with Crippen molar-refractivity contribution in [1.29, 1.82) is 0 Å². The fraction of sp³-hybridized carbons (Fsp3) is 0.474. The van der Waals surface area contributed by atoms with Gasteiger partial charge in [-0.05, 0) is 32.9 Å². The van der Waals surface area contributed by atoms with Crippen molar-refractivity contribution in [2.24, 2.45) is 4.99 Å². The number of aromatic nitrogens is 1. The van der Waals surface area contributed by atoms with Crippen LogP contribution in [0, 0.1) is 6.92 Å². The molecular formula is C19H29N5OS. The molecule has 1 aromatic carbocycles. The Labute approximate surface area is 160 Å². The third-order valence-corrected chi connectivity index (χ3v) is 4.64. The molecule has 26 heavy (non-hydrogen) atoms. The maximum atomic E-state index is 5.93. The van der Waals surface area contributed by atoms with Gasteiger partial charge in [0, 0.05) is 26.0 Å². The van der Waals surface area contributed by atoms with Crippen molar-refractivity contribution < 1.29 is 4.74 Å². The molecule has 1 heterocycles. The van der Waals surface area contributed by atoms with Crippen LogP contribution >= 0.6 is 11.3 Å². The molecule has 1 atom stereocenters. The zero-order valence-corrected chi connectivity index (χ0v) is 17.1. The monoisotopic (exact) mass is 375 g/mol. The molecule has 2 rings (SSSR count). The third-order valence-electron chi connectivity index (χ3n) is 3.58. The number of guanidine groups is 1. The van der Waals surface area contributed by atoms with Crippen LogP contribution in [0.25, 0.3) is 0 Å². The van der Waals surface area contributed by atoms with Crippen LogP contribution in [0.4, 0.5) is 5.13 Å². The second-order valence-corrected chi connectivity index (χ2v) is 7.17. The molecule has 2 N–H and O–H groups in total. The first-order valence-electron chi connectivity index (χ1n) is 8.85. The molecule has 6 nitrogen and oxygen atoms in total. The topological polar surface area (TPSA) is 61.8 Å². The Bertz CT molecular complexity index is 696. The number of nitrogens with one attached hydrogen (secondary N) is 2. The van der Waals surface area contributed by atoms with Gasteiger partial charge in [-0.15, -0.1) is 11.3 Å². The summed E-state index contributed by atoms with van der Waals surface area (Å²) in [7, 11) is 3.99. The Morgan fingerprint density at radius 3 is 2.62 bits per heavy atom. The molecule has 0 saturated carbocycles. The predicted molar refractivity (Wildman–Crippen MR) is 111 cm³/mol. The quantitative estimate of drug-likeness (QED) is 0.548. The molecule has 0 aliphatic rings. The molecule has 0 saturated heterocycles. The number of hydrogen-bond acceptors (Lipinski definition) is 5. The van der Waals surface area contributed by atoms with Gasteiger partial charge in [0.25, 0.3) is 0 Å². The molecule has 0 spiro atoms. The van der Waals surface area contributed by atoms with Gasteiger partial charge in [0.05, 0.1) is 18.8 Å². The smallest absolute Gasteiger partial charge is 0.191 e. The highest BCUT2D eigenvalue weighted by Crippen LogP contribution is 2.18. The second-order valence-electron chi connectivity index (χ2n) is 6.33. The summed E-state index contributed by atoms with van der Waals surface area (Å²) in [6.07, 6.45) is 0.0289. The summed E-state index contributed by atoms with van der Waals surface area (Å²) in [5, 5.41) is 9.63. The van der Waals surface area contributed by atoms with Gasteiger partial charge in [-0.3, -0.25) is 0 Å². The number of ether oxygens (including phenoxy) is 1. The first-order valence-corrected chi connectivity index (χ1v) is 9.73. The highest BCUT2D eigenvalue weighted by Gasteiger charge is 2.07. The Kier molecular flexibility index (Phi) is 7.72. The number of anilines is 1. The van der Waals surface area contributed by atoms with Crippen LogP contribution < -0.4 is 20.3 Å². The minimum Gasteiger partial charge on any atom is -0.489 e. The lowest BCUT2D eigenvalue weighted by atomic mass is 10.2. The number of rotatable bonds is 8. The van der Waals surface area contributed by atoms with Crippen molar-refractivity contribution in [2.75, 3.05) is 32.1 Å². The van der Waals surface area contributed by atoms with E-state index in [1.165, 1.54) is 5.56 Å². The summed E-state index contributed by atoms with van der Waals surface area (Å²) in [6.45, 7) is 8.18. The maximum absolute atomic E-state index is 5.93. The molecule has 0 bridgehead atoms. The Morgan fingerprint density at radius 2 is 2.00 bits per heavy atom. The van der Waals surface area contributed by atoms with Gasteiger partial charge >= 0.3 is 0 Å². The largest absolute Gasteiger partial charge is 0.489 e. The normalized spacial score (nSPS) is 12.6. The van der Waals surface area contributed by atoms with Crippen LogP contribution in [0.3, 0.4) is 0 Å². The number of hydrogen-bond donors (Lipinski definition) is 2. The van der Waals surface area contributed by atoms with E-state index in [-0.39, 0.29) is 6.10 Å². The van der Waals surface area contributed by atoms with E-state index in [9.17, 15) is 0 Å². The Balaban J connectivity index is 1.86. The van der Waals surface area contributed by atoms with Crippen LogP contribution in [0.2, 0.25) is 0 Å². The zero-order valence-electron chi connectivity index (χ0n) is 16.2. The summed E-state index contributed by atoms with van der Waals surface area (Å²) in [6, 6.07) is 8.10. The van der Waals surface area contributed by atoms with Crippen LogP contribution in [0.1, 0.15) is 25.1 Å². The molecule has 0 radical (unpaired) electrons. The van der Waals surface area contributed by atoms with Gasteiger partial charge < -0.3 is 20.3 Å². The number of aryl methyl sites for hydroxylation is 1. The van der Waals surface area contributed by atoms with E-state index in [1.54, 1.807) is 11.3 Å². The van der Waals surface area contributed by atoms with E-state index in [2.05, 4.69) is 46.6 Å². The number of aliphatic imine (C=N–C) groups is 1. The summed E-state index contributed by atoms with van der Waals surface area (Å²) in [5.74, 6) is 1.65. The minimum atomic E-state index is 0.0289. The van der Waals surface area contributed by atoms with Gasteiger partial charge in [0.15, 0.2) is 11.1 Å². The lowest BCUT2D eigenvalue weighted by Gasteiger charge is -2.17. The van der Waals surface area contributed by atoms with Gasteiger partial charge in [0.2, 0.25) is 0 Å². The molecule has 0 aliphatic heterocycles. The molecule has 0 amide bonds. The predicted octanol–water partition coefficient (Wildman–Crippen LogP) is 3.04. The van der Waals surface area contributed by atoms with E-state index in [1.807, 2.05) is 43.4 Å². The van der Waals surface area contributed by atoms with E-state index < -0.39 is 0 Å². The van der Waals surface area contributed by atoms with Gasteiger partial charge in [-0.2, -0.15) is 0 Å². The first kappa shape index (κ1) is 20.0. The van der Waals surface area contributed by atoms with Gasteiger partial charge in [-0.1, -0.05) is 17.7 Å². The summed E-state index contributed by atoms with van der Waals surface area (Å²) < 4.78 is 5.93. The van der Waals surface area contributed by atoms with Crippen LogP contribution in [0.5, 0.6) is 5.75 Å². The lowest BCUT2D eigenvalue weighted by Crippen LogP contribution is -2.41. The van der Waals surface area contributed by atoms with Crippen LogP contribution in [-0.2, 0) is 6.54 Å². The Hall–Kier alpha value is -2.28. The van der Waals surface area contributed by atoms with Crippen molar-refractivity contribution in [1.82, 2.24) is 15.6 Å². The van der Waals surface area contributed by atoms with Crippen molar-refractivity contribution in [3.63, 3.8) is 0 Å². The molecule has 0 aliphatic carbocycles. The zero-order chi connectivity index (χ0) is 18.9. The average molecular weight is 376 g/mol. The van der Waals surface area contributed by atoms with E-state index in [0.717, 1.165) is 29.1 Å². The van der Waals surface area contributed by atoms with Crippen molar-refractivity contribution in [3.05, 3.63) is 40.9 Å². The highest BCUT2D eigenvalue weighted by molar-refractivity contribution is 7.13. The number of thiazole rings is 1. The lowest BCUT2D eigenvalue weighted by molar-refractivity contribution is 0.224. The van der Waals surface area contributed by atoms with Crippen molar-refractivity contribution >= 4 is 22.4 Å². The number of nitrogens with zero attached hydrogens (tertiary/aromatic N) is 3. The van der Waals surface area contributed by atoms with Gasteiger partial charge in [-0.25, -0.2) is 9.98 Å². The highest BCUT2D eigenvalue weighted by atomic mass is 32.1. The molecule has 142 valence electrons. The summed E-state index contributed by atoms with van der Waals surface area (Å²) in [5.41, 5.74) is 2.20. The first-order chi connectivity index (χ1) is 12.5. The second kappa shape index (κ2) is 10.0. The standard InChI is InChI=1S/C19H29N5OS/c1-6-20-18(22-12-16-13-26-19(23-16)24(4)5)21-11-15(3)25-17-9-7-14(2)8-10-17/h7-10,13,15H,6,11-12H2,1-5H3,(H2,20,21,22). The summed E-state index contributed by atoms with van der Waals surface area (Å²) >= 11 is 1.63. The molecule has 2 aromatic rings. The molecule has 1 unspecified atom stereocenters. The maximum Gasteiger partial charge on any atom is 0.191 e. The van der Waals surface area contributed by atoms with E-state index >= 15 is 0 Å². The van der Waals surface area contributed by atoms with Crippen LogP contribution in [-0.4, -0.2) is 44.2 Å². The minimum absolute atomic E-state index is 0.0289. The van der Waals surface area contributed by atoms with Crippen molar-refractivity contribution in [3.8, 4) is 5.75 Å². The third kappa shape index (κ3) is 6.55. The summed E-state index contributed by atoms with van der Waals surface area (Å²) in [4.78, 5) is 11.2. The van der Waals surface area contributed by atoms with Crippen LogP contribution in [0.15, 0.2) is 34.6 Å². The van der Waals surface area contributed by atoms with E-state index in [0.29, 0.717) is 13.1 Å². The van der Waals surface area contributed by atoms with E-state index in [4.69, 9.17) is 4.74 Å². The average Bonchev–Trinajstić information content (AvgIpc) is 3.09. The molecule has 7 heteroatoms. The Morgan fingerprint density at radius 1 is 1.27 bits per heavy atom. The number of benzene rings is 1. The SMILES string of the molecule is CCNC(=NCc1csc(N(C)C)n1)NCC(C)Oc1ccc(C)cc1.